The lowest BCUT2D eigenvalue weighted by Gasteiger charge is -2.23. The van der Waals surface area contributed by atoms with Gasteiger partial charge in [-0.05, 0) is 35.2 Å². The number of carboxylic acid groups (broad SMARTS) is 1. The molecule has 1 fully saturated rings. The summed E-state index contributed by atoms with van der Waals surface area (Å²) < 4.78 is 0.312. The molecule has 13 heavy (non-hydrogen) atoms. The maximum Gasteiger partial charge on any atom is 0.359 e. The highest BCUT2D eigenvalue weighted by Crippen LogP contribution is 2.30. The second-order valence-electron chi connectivity index (χ2n) is 3.05. The molecule has 1 aliphatic carbocycles. The molecule has 0 bridgehead atoms. The van der Waals surface area contributed by atoms with Crippen molar-refractivity contribution in [3.63, 3.8) is 0 Å². The van der Waals surface area contributed by atoms with Crippen LogP contribution in [-0.4, -0.2) is 26.1 Å². The van der Waals surface area contributed by atoms with Crippen LogP contribution in [0.5, 0.6) is 0 Å². The second-order valence-corrected chi connectivity index (χ2v) is 3.80. The molecule has 70 valence electrons. The molecule has 2 rings (SSSR count). The Hall–Kier alpha value is -0.910. The molecule has 5 nitrogen and oxygen atoms in total. The highest BCUT2D eigenvalue weighted by molar-refractivity contribution is 9.10. The van der Waals surface area contributed by atoms with Crippen LogP contribution in [0, 0.1) is 0 Å². The maximum absolute atomic E-state index is 10.6. The number of aromatic nitrogens is 3. The Morgan fingerprint density at radius 1 is 1.54 bits per heavy atom. The van der Waals surface area contributed by atoms with Gasteiger partial charge in [0.1, 0.15) is 0 Å². The van der Waals surface area contributed by atoms with E-state index >= 15 is 0 Å². The van der Waals surface area contributed by atoms with E-state index in [9.17, 15) is 4.79 Å². The Labute approximate surface area is 82.9 Å². The van der Waals surface area contributed by atoms with Crippen LogP contribution in [-0.2, 0) is 0 Å². The van der Waals surface area contributed by atoms with E-state index in [0.717, 1.165) is 12.8 Å². The van der Waals surface area contributed by atoms with Gasteiger partial charge in [-0.25, -0.2) is 4.79 Å². The molecule has 1 N–H and O–H groups in total. The molecule has 0 aliphatic heterocycles. The maximum atomic E-state index is 10.6. The number of nitrogens with zero attached hydrogens (tertiary/aromatic N) is 3. The summed E-state index contributed by atoms with van der Waals surface area (Å²) in [5.41, 5.74) is -0.00750. The predicted molar refractivity (Wildman–Crippen MR) is 47.6 cm³/mol. The molecule has 0 atom stereocenters. The molecular weight excluding hydrogens is 238 g/mol. The number of halogens is 1. The van der Waals surface area contributed by atoms with E-state index in [-0.39, 0.29) is 5.69 Å². The molecule has 0 amide bonds. The normalized spacial score (nSPS) is 17.0. The van der Waals surface area contributed by atoms with Crippen LogP contribution in [0.2, 0.25) is 0 Å². The minimum atomic E-state index is -1.04. The third kappa shape index (κ3) is 1.46. The first kappa shape index (κ1) is 8.68. The summed E-state index contributed by atoms with van der Waals surface area (Å²) in [5.74, 6) is -1.04. The minimum Gasteiger partial charge on any atom is -0.476 e. The summed E-state index contributed by atoms with van der Waals surface area (Å²) in [6.45, 7) is 0. The summed E-state index contributed by atoms with van der Waals surface area (Å²) in [5, 5.41) is 16.6. The molecule has 1 saturated carbocycles. The van der Waals surface area contributed by atoms with Crippen molar-refractivity contribution in [2.75, 3.05) is 0 Å². The summed E-state index contributed by atoms with van der Waals surface area (Å²) in [6, 6.07) is 0.296. The highest BCUT2D eigenvalue weighted by atomic mass is 79.9. The summed E-state index contributed by atoms with van der Waals surface area (Å²) >= 11 is 3.06. The minimum absolute atomic E-state index is 0.00750. The number of hydrogen-bond acceptors (Lipinski definition) is 3. The fourth-order valence-corrected chi connectivity index (χ4v) is 1.63. The highest BCUT2D eigenvalue weighted by Gasteiger charge is 2.24. The number of rotatable bonds is 2. The van der Waals surface area contributed by atoms with Crippen molar-refractivity contribution in [1.82, 2.24) is 15.0 Å². The van der Waals surface area contributed by atoms with Gasteiger partial charge in [0.25, 0.3) is 0 Å². The molecule has 1 heterocycles. The Morgan fingerprint density at radius 2 is 2.23 bits per heavy atom. The lowest BCUT2D eigenvalue weighted by Crippen LogP contribution is -2.19. The third-order valence-corrected chi connectivity index (χ3v) is 2.73. The van der Waals surface area contributed by atoms with E-state index in [1.54, 1.807) is 0 Å². The molecule has 0 unspecified atom stereocenters. The van der Waals surface area contributed by atoms with E-state index < -0.39 is 5.97 Å². The number of hydrogen-bond donors (Lipinski definition) is 1. The van der Waals surface area contributed by atoms with Crippen LogP contribution in [0.4, 0.5) is 0 Å². The van der Waals surface area contributed by atoms with E-state index in [1.807, 2.05) is 0 Å². The lowest BCUT2D eigenvalue weighted by molar-refractivity contribution is 0.0687. The van der Waals surface area contributed by atoms with Gasteiger partial charge < -0.3 is 5.11 Å². The van der Waals surface area contributed by atoms with Gasteiger partial charge >= 0.3 is 5.97 Å². The number of aromatic carboxylic acids is 1. The topological polar surface area (TPSA) is 68.0 Å². The average molecular weight is 246 g/mol. The molecule has 0 saturated heterocycles. The molecule has 1 aromatic rings. The molecule has 1 aromatic heterocycles. The van der Waals surface area contributed by atoms with Crippen LogP contribution in [0.15, 0.2) is 4.60 Å². The van der Waals surface area contributed by atoms with Crippen LogP contribution in [0.3, 0.4) is 0 Å². The van der Waals surface area contributed by atoms with Gasteiger partial charge in [0, 0.05) is 0 Å². The van der Waals surface area contributed by atoms with Gasteiger partial charge in [-0.15, -0.1) is 10.2 Å². The average Bonchev–Trinajstić information content (AvgIpc) is 2.27. The number of carboxylic acids is 1. The van der Waals surface area contributed by atoms with Crippen LogP contribution in [0.1, 0.15) is 35.8 Å². The third-order valence-electron chi connectivity index (χ3n) is 2.19. The van der Waals surface area contributed by atoms with Crippen LogP contribution < -0.4 is 0 Å². The van der Waals surface area contributed by atoms with Crippen LogP contribution >= 0.6 is 15.9 Å². The fraction of sp³-hybridized carbons (Fsp3) is 0.571. The van der Waals surface area contributed by atoms with Gasteiger partial charge in [-0.3, -0.25) is 0 Å². The predicted octanol–water partition coefficient (Wildman–Crippen LogP) is 1.46. The van der Waals surface area contributed by atoms with Gasteiger partial charge in [0.2, 0.25) is 5.69 Å². The van der Waals surface area contributed by atoms with Crippen molar-refractivity contribution in [2.45, 2.75) is 25.3 Å². The smallest absolute Gasteiger partial charge is 0.359 e. The van der Waals surface area contributed by atoms with Gasteiger partial charge in [-0.2, -0.15) is 4.80 Å². The van der Waals surface area contributed by atoms with Crippen molar-refractivity contribution in [1.29, 1.82) is 0 Å². The first-order valence-electron chi connectivity index (χ1n) is 4.04. The first-order chi connectivity index (χ1) is 6.18. The van der Waals surface area contributed by atoms with E-state index in [1.165, 1.54) is 11.2 Å². The molecule has 6 heteroatoms. The second kappa shape index (κ2) is 3.10. The van der Waals surface area contributed by atoms with Gasteiger partial charge in [-0.1, -0.05) is 0 Å². The first-order valence-corrected chi connectivity index (χ1v) is 4.83. The Kier molecular flexibility index (Phi) is 2.07. The van der Waals surface area contributed by atoms with E-state index in [0.29, 0.717) is 10.6 Å². The van der Waals surface area contributed by atoms with Gasteiger partial charge in [0.05, 0.1) is 6.04 Å². The quantitative estimate of drug-likeness (QED) is 0.857. The fourth-order valence-electron chi connectivity index (χ4n) is 1.22. The van der Waals surface area contributed by atoms with Crippen molar-refractivity contribution in [3.05, 3.63) is 10.3 Å². The molecule has 0 radical (unpaired) electrons. The Balaban J connectivity index is 2.28. The zero-order chi connectivity index (χ0) is 9.42. The molecule has 1 aliphatic rings. The van der Waals surface area contributed by atoms with Crippen molar-refractivity contribution in [3.8, 4) is 0 Å². The summed E-state index contributed by atoms with van der Waals surface area (Å²) in [4.78, 5) is 12.1. The standard InChI is InChI=1S/C7H8BrN3O2/c8-6-5(7(12)13)9-11(10-6)4-2-1-3-4/h4H,1-3H2,(H,12,13). The lowest BCUT2D eigenvalue weighted by atomic mass is 9.94. The Morgan fingerprint density at radius 3 is 2.62 bits per heavy atom. The van der Waals surface area contributed by atoms with E-state index in [4.69, 9.17) is 5.11 Å². The monoisotopic (exact) mass is 245 g/mol. The molecule has 0 aromatic carbocycles. The Bertz CT molecular complexity index is 346. The van der Waals surface area contributed by atoms with Crippen molar-refractivity contribution < 1.29 is 9.90 Å². The van der Waals surface area contributed by atoms with E-state index in [2.05, 4.69) is 26.1 Å². The summed E-state index contributed by atoms with van der Waals surface area (Å²) in [6.07, 6.45) is 3.26. The zero-order valence-electron chi connectivity index (χ0n) is 6.77. The summed E-state index contributed by atoms with van der Waals surface area (Å²) in [7, 11) is 0. The van der Waals surface area contributed by atoms with Crippen LogP contribution in [0.25, 0.3) is 0 Å². The number of carbonyl (C=O) groups is 1. The SMILES string of the molecule is O=C(O)c1nn(C2CCC2)nc1Br. The van der Waals surface area contributed by atoms with Crippen molar-refractivity contribution >= 4 is 21.9 Å². The molecule has 0 spiro atoms. The van der Waals surface area contributed by atoms with Crippen molar-refractivity contribution in [2.24, 2.45) is 0 Å². The largest absolute Gasteiger partial charge is 0.476 e. The molecular formula is C7H8BrN3O2. The zero-order valence-corrected chi connectivity index (χ0v) is 8.36. The van der Waals surface area contributed by atoms with Gasteiger partial charge in [0.15, 0.2) is 4.60 Å².